The van der Waals surface area contributed by atoms with E-state index in [2.05, 4.69) is 112 Å². The van der Waals surface area contributed by atoms with Crippen LogP contribution in [-0.2, 0) is 25.7 Å². The zero-order chi connectivity index (χ0) is 25.8. The molecule has 6 aromatic rings. The van der Waals surface area contributed by atoms with E-state index in [9.17, 15) is 0 Å². The summed E-state index contributed by atoms with van der Waals surface area (Å²) in [5, 5.41) is 6.57. The Kier molecular flexibility index (Phi) is 5.36. The van der Waals surface area contributed by atoms with Crippen LogP contribution in [0.5, 0.6) is 0 Å². The van der Waals surface area contributed by atoms with Gasteiger partial charge < -0.3 is 14.5 Å². The average molecular weight is 508 g/mol. The highest BCUT2D eigenvalue weighted by molar-refractivity contribution is 5.93. The Hall–Kier alpha value is -4.24. The Morgan fingerprint density at radius 1 is 0.462 bits per heavy atom. The molecule has 2 aromatic heterocycles. The predicted octanol–water partition coefficient (Wildman–Crippen LogP) is 9.08. The molecule has 0 amide bonds. The fraction of sp³-hybridized carbons (Fsp3) is 0.222. The van der Waals surface area contributed by atoms with Gasteiger partial charge in [0.2, 0.25) is 0 Å². The van der Waals surface area contributed by atoms with Gasteiger partial charge in [0.05, 0.1) is 11.0 Å². The first-order valence-corrected chi connectivity index (χ1v) is 14.6. The number of benzene rings is 4. The van der Waals surface area contributed by atoms with Crippen molar-refractivity contribution in [3.05, 3.63) is 120 Å². The third kappa shape index (κ3) is 3.71. The van der Waals surface area contributed by atoms with Crippen LogP contribution in [0.25, 0.3) is 33.2 Å². The van der Waals surface area contributed by atoms with Gasteiger partial charge in [-0.1, -0.05) is 36.4 Å². The van der Waals surface area contributed by atoms with E-state index in [-0.39, 0.29) is 0 Å². The summed E-state index contributed by atoms with van der Waals surface area (Å²) < 4.78 is 5.00. The van der Waals surface area contributed by atoms with Crippen molar-refractivity contribution in [2.24, 2.45) is 0 Å². The number of nitrogens with one attached hydrogen (secondary N) is 1. The van der Waals surface area contributed by atoms with Gasteiger partial charge in [-0.2, -0.15) is 0 Å². The topological polar surface area (TPSA) is 21.9 Å². The molecule has 0 bridgehead atoms. The smallest absolute Gasteiger partial charge is 0.0535 e. The molecule has 8 rings (SSSR count). The maximum atomic E-state index is 3.78. The van der Waals surface area contributed by atoms with Crippen molar-refractivity contribution < 1.29 is 0 Å². The quantitative estimate of drug-likeness (QED) is 0.252. The van der Waals surface area contributed by atoms with Crippen LogP contribution < -0.4 is 5.32 Å². The molecular formula is C36H33N3. The van der Waals surface area contributed by atoms with E-state index < -0.39 is 0 Å². The molecule has 0 aliphatic heterocycles. The second-order valence-electron chi connectivity index (χ2n) is 11.2. The lowest BCUT2D eigenvalue weighted by molar-refractivity contribution is 0.667. The largest absolute Gasteiger partial charge is 0.355 e. The molecular weight excluding hydrogens is 474 g/mol. The standard InChI is InChI=1S/C36H33N3/c1-3-11-27(12-4-1)38-33-17-9-7-15-29(33)31-23-25(19-21-35(31)38)37-26-20-22-36-32(24-26)30-16-8-10-18-34(30)39(36)28-13-5-2-6-14-28/h1-6,11-14,19-24,37H,7-10,15-18H2. The van der Waals surface area contributed by atoms with Crippen molar-refractivity contribution in [2.75, 3.05) is 5.32 Å². The highest BCUT2D eigenvalue weighted by Gasteiger charge is 2.23. The van der Waals surface area contributed by atoms with E-state index in [0.717, 1.165) is 24.2 Å². The molecule has 3 nitrogen and oxygen atoms in total. The SMILES string of the molecule is c1ccc(-n2c3c(c4cc(Nc5ccc6c(c5)c5c(n6-c6ccccc6)CCCC5)ccc42)CCCC3)cc1. The summed E-state index contributed by atoms with van der Waals surface area (Å²) in [6.45, 7) is 0. The molecule has 2 aliphatic rings. The number of hydrogen-bond acceptors (Lipinski definition) is 1. The van der Waals surface area contributed by atoms with Crippen LogP contribution in [0.3, 0.4) is 0 Å². The lowest BCUT2D eigenvalue weighted by Crippen LogP contribution is -2.06. The van der Waals surface area contributed by atoms with Crippen LogP contribution >= 0.6 is 0 Å². The van der Waals surface area contributed by atoms with Crippen LogP contribution in [0.15, 0.2) is 97.1 Å². The van der Waals surface area contributed by atoms with Gasteiger partial charge in [0.25, 0.3) is 0 Å². The van der Waals surface area contributed by atoms with E-state index in [1.54, 1.807) is 0 Å². The number of fused-ring (bicyclic) bond motifs is 6. The van der Waals surface area contributed by atoms with Gasteiger partial charge in [-0.15, -0.1) is 0 Å². The fourth-order valence-corrected chi connectivity index (χ4v) is 7.15. The van der Waals surface area contributed by atoms with Crippen LogP contribution in [0.1, 0.15) is 48.2 Å². The predicted molar refractivity (Wildman–Crippen MR) is 163 cm³/mol. The highest BCUT2D eigenvalue weighted by atomic mass is 15.0. The molecule has 0 atom stereocenters. The molecule has 2 heterocycles. The van der Waals surface area contributed by atoms with Gasteiger partial charge in [-0.3, -0.25) is 0 Å². The van der Waals surface area contributed by atoms with Gasteiger partial charge in [0, 0.05) is 44.9 Å². The molecule has 0 fully saturated rings. The molecule has 192 valence electrons. The van der Waals surface area contributed by atoms with Gasteiger partial charge >= 0.3 is 0 Å². The number of para-hydroxylation sites is 2. The van der Waals surface area contributed by atoms with Gasteiger partial charge in [-0.05, 0) is 123 Å². The van der Waals surface area contributed by atoms with Crippen LogP contribution in [0.2, 0.25) is 0 Å². The summed E-state index contributed by atoms with van der Waals surface area (Å²) in [4.78, 5) is 0. The minimum atomic E-state index is 1.15. The summed E-state index contributed by atoms with van der Waals surface area (Å²) in [6.07, 6.45) is 9.74. The number of aromatic nitrogens is 2. The number of hydrogen-bond donors (Lipinski definition) is 1. The second-order valence-corrected chi connectivity index (χ2v) is 11.2. The Morgan fingerprint density at radius 3 is 1.36 bits per heavy atom. The van der Waals surface area contributed by atoms with E-state index in [1.165, 1.54) is 94.2 Å². The van der Waals surface area contributed by atoms with Crippen molar-refractivity contribution in [1.82, 2.24) is 9.13 Å². The Balaban J connectivity index is 1.22. The molecule has 0 saturated heterocycles. The highest BCUT2D eigenvalue weighted by Crippen LogP contribution is 2.38. The van der Waals surface area contributed by atoms with Crippen LogP contribution in [0, 0.1) is 0 Å². The average Bonchev–Trinajstić information content (AvgIpc) is 3.50. The molecule has 0 saturated carbocycles. The van der Waals surface area contributed by atoms with Gasteiger partial charge in [0.15, 0.2) is 0 Å². The van der Waals surface area contributed by atoms with E-state index in [4.69, 9.17) is 0 Å². The summed E-state index contributed by atoms with van der Waals surface area (Å²) in [7, 11) is 0. The zero-order valence-corrected chi connectivity index (χ0v) is 22.3. The summed E-state index contributed by atoms with van der Waals surface area (Å²) in [6, 6.07) is 35.6. The summed E-state index contributed by atoms with van der Waals surface area (Å²) >= 11 is 0. The number of rotatable bonds is 4. The maximum Gasteiger partial charge on any atom is 0.0535 e. The molecule has 3 heteroatoms. The van der Waals surface area contributed by atoms with Crippen molar-refractivity contribution in [3.63, 3.8) is 0 Å². The summed E-state index contributed by atoms with van der Waals surface area (Å²) in [5.41, 5.74) is 13.6. The van der Waals surface area contributed by atoms with E-state index in [0.29, 0.717) is 0 Å². The third-order valence-corrected chi connectivity index (χ3v) is 8.86. The van der Waals surface area contributed by atoms with E-state index in [1.807, 2.05) is 0 Å². The molecule has 1 N–H and O–H groups in total. The van der Waals surface area contributed by atoms with Gasteiger partial charge in [-0.25, -0.2) is 0 Å². The number of aryl methyl sites for hydroxylation is 2. The molecule has 0 unspecified atom stereocenters. The molecule has 2 aliphatic carbocycles. The number of anilines is 2. The Bertz CT molecular complexity index is 1690. The van der Waals surface area contributed by atoms with Crippen molar-refractivity contribution in [2.45, 2.75) is 51.4 Å². The maximum absolute atomic E-state index is 3.78. The molecule has 4 aromatic carbocycles. The van der Waals surface area contributed by atoms with Crippen LogP contribution in [-0.4, -0.2) is 9.13 Å². The Labute approximate surface area is 229 Å². The van der Waals surface area contributed by atoms with Crippen molar-refractivity contribution in [1.29, 1.82) is 0 Å². The minimum absolute atomic E-state index is 1.15. The number of nitrogens with zero attached hydrogens (tertiary/aromatic N) is 2. The first-order chi connectivity index (χ1) is 19.3. The second kappa shape index (κ2) is 9.20. The fourth-order valence-electron chi connectivity index (χ4n) is 7.15. The minimum Gasteiger partial charge on any atom is -0.355 e. The molecule has 39 heavy (non-hydrogen) atoms. The van der Waals surface area contributed by atoms with Gasteiger partial charge in [0.1, 0.15) is 0 Å². The molecule has 0 spiro atoms. The lowest BCUT2D eigenvalue weighted by Gasteiger charge is -2.16. The first kappa shape index (κ1) is 22.7. The Morgan fingerprint density at radius 2 is 0.897 bits per heavy atom. The van der Waals surface area contributed by atoms with Crippen molar-refractivity contribution >= 4 is 33.2 Å². The summed E-state index contributed by atoms with van der Waals surface area (Å²) in [5.74, 6) is 0. The monoisotopic (exact) mass is 507 g/mol. The molecule has 0 radical (unpaired) electrons. The van der Waals surface area contributed by atoms with E-state index >= 15 is 0 Å². The zero-order valence-electron chi connectivity index (χ0n) is 22.3. The van der Waals surface area contributed by atoms with Crippen molar-refractivity contribution in [3.8, 4) is 11.4 Å². The van der Waals surface area contributed by atoms with Crippen LogP contribution in [0.4, 0.5) is 11.4 Å². The lowest BCUT2D eigenvalue weighted by atomic mass is 9.95. The first-order valence-electron chi connectivity index (χ1n) is 14.6. The normalized spacial score (nSPS) is 14.9. The third-order valence-electron chi connectivity index (χ3n) is 8.86.